The van der Waals surface area contributed by atoms with E-state index in [1.54, 1.807) is 12.1 Å². The maximum absolute atomic E-state index is 10.7. The zero-order chi connectivity index (χ0) is 11.3. The number of benzene rings is 1. The van der Waals surface area contributed by atoms with Gasteiger partial charge in [0, 0.05) is 12.6 Å². The van der Waals surface area contributed by atoms with Gasteiger partial charge in [-0.3, -0.25) is 4.79 Å². The van der Waals surface area contributed by atoms with Gasteiger partial charge in [-0.15, -0.1) is 11.6 Å². The van der Waals surface area contributed by atoms with Gasteiger partial charge in [-0.2, -0.15) is 0 Å². The zero-order valence-electron chi connectivity index (χ0n) is 8.37. The summed E-state index contributed by atoms with van der Waals surface area (Å²) in [6.07, 6.45) is 1.22. The van der Waals surface area contributed by atoms with Crippen molar-refractivity contribution in [3.63, 3.8) is 0 Å². The van der Waals surface area contributed by atoms with Gasteiger partial charge < -0.3 is 10.1 Å². The molecule has 0 bridgehead atoms. The van der Waals surface area contributed by atoms with Crippen molar-refractivity contribution in [1.29, 1.82) is 0 Å². The van der Waals surface area contributed by atoms with Gasteiger partial charge in [0.1, 0.15) is 6.29 Å². The van der Waals surface area contributed by atoms with Crippen LogP contribution in [0.5, 0.6) is 0 Å². The van der Waals surface area contributed by atoms with Crippen LogP contribution in [0.4, 0.5) is 5.69 Å². The Labute approximate surface area is 93.4 Å². The van der Waals surface area contributed by atoms with Crippen molar-refractivity contribution in [2.24, 2.45) is 0 Å². The van der Waals surface area contributed by atoms with Gasteiger partial charge in [0.05, 0.1) is 5.38 Å². The van der Waals surface area contributed by atoms with Gasteiger partial charge in [-0.1, -0.05) is 12.1 Å². The third-order valence-electron chi connectivity index (χ3n) is 1.85. The molecule has 0 saturated carbocycles. The lowest BCUT2D eigenvalue weighted by Crippen LogP contribution is -2.07. The van der Waals surface area contributed by atoms with Crippen LogP contribution in [0, 0.1) is 0 Å². The summed E-state index contributed by atoms with van der Waals surface area (Å²) in [7, 11) is 0. The molecule has 80 valence electrons. The van der Waals surface area contributed by atoms with Crippen LogP contribution < -0.4 is 5.32 Å². The Hall–Kier alpha value is -1.35. The van der Waals surface area contributed by atoms with E-state index >= 15 is 0 Å². The van der Waals surface area contributed by atoms with E-state index in [0.29, 0.717) is 12.7 Å². The number of hydrogen-bond donors (Lipinski definition) is 1. The first-order valence-corrected chi connectivity index (χ1v) is 5.01. The Kier molecular flexibility index (Phi) is 4.31. The molecule has 15 heavy (non-hydrogen) atoms. The van der Waals surface area contributed by atoms with E-state index in [2.05, 4.69) is 5.32 Å². The summed E-state index contributed by atoms with van der Waals surface area (Å²) in [5, 5.41) is 2.17. The number of hydrogen-bond acceptors (Lipinski definition) is 2. The van der Waals surface area contributed by atoms with Gasteiger partial charge in [-0.05, 0) is 24.1 Å². The van der Waals surface area contributed by atoms with Gasteiger partial charge in [0.25, 0.3) is 0 Å². The monoisotopic (exact) mass is 225 g/mol. The molecule has 1 aromatic rings. The van der Waals surface area contributed by atoms with Crippen LogP contribution >= 0.6 is 11.6 Å². The maximum Gasteiger partial charge on any atom is 0.221 e. The second-order valence-corrected chi connectivity index (χ2v) is 3.79. The first-order valence-electron chi connectivity index (χ1n) is 4.57. The quantitative estimate of drug-likeness (QED) is 0.629. The summed E-state index contributed by atoms with van der Waals surface area (Å²) in [6, 6.07) is 7.24. The number of amides is 1. The lowest BCUT2D eigenvalue weighted by molar-refractivity contribution is -0.114. The highest BCUT2D eigenvalue weighted by Gasteiger charge is 2.03. The Morgan fingerprint density at radius 2 is 2.07 bits per heavy atom. The average Bonchev–Trinajstić information content (AvgIpc) is 2.20. The van der Waals surface area contributed by atoms with Gasteiger partial charge in [0.2, 0.25) is 5.91 Å². The number of alkyl halides is 1. The van der Waals surface area contributed by atoms with Crippen molar-refractivity contribution in [1.82, 2.24) is 0 Å². The number of rotatable bonds is 4. The van der Waals surface area contributed by atoms with Crippen LogP contribution in [0.2, 0.25) is 0 Å². The summed E-state index contributed by atoms with van der Waals surface area (Å²) >= 11 is 5.69. The summed E-state index contributed by atoms with van der Waals surface area (Å²) in [5.74, 6) is -0.106. The first-order chi connectivity index (χ1) is 7.11. The lowest BCUT2D eigenvalue weighted by atomic mass is 10.1. The molecule has 0 aromatic heterocycles. The van der Waals surface area contributed by atoms with E-state index in [1.807, 2.05) is 12.1 Å². The van der Waals surface area contributed by atoms with E-state index in [-0.39, 0.29) is 5.91 Å². The predicted molar refractivity (Wildman–Crippen MR) is 60.2 cm³/mol. The summed E-state index contributed by atoms with van der Waals surface area (Å²) in [6.45, 7) is 1.45. The molecule has 1 atom stereocenters. The fourth-order valence-corrected chi connectivity index (χ4v) is 1.38. The summed E-state index contributed by atoms with van der Waals surface area (Å²) in [4.78, 5) is 21.1. The topological polar surface area (TPSA) is 46.2 Å². The summed E-state index contributed by atoms with van der Waals surface area (Å²) < 4.78 is 0. The van der Waals surface area contributed by atoms with Crippen LogP contribution in [0.25, 0.3) is 0 Å². The Bertz CT molecular complexity index is 348. The number of nitrogens with one attached hydrogen (secondary N) is 1. The Morgan fingerprint density at radius 3 is 2.53 bits per heavy atom. The lowest BCUT2D eigenvalue weighted by Gasteiger charge is -2.05. The Balaban J connectivity index is 2.63. The molecule has 0 fully saturated rings. The van der Waals surface area contributed by atoms with Crippen LogP contribution in [0.15, 0.2) is 24.3 Å². The van der Waals surface area contributed by atoms with Gasteiger partial charge in [-0.25, -0.2) is 0 Å². The highest BCUT2D eigenvalue weighted by atomic mass is 35.5. The molecule has 0 aliphatic heterocycles. The summed E-state index contributed by atoms with van der Waals surface area (Å²) in [5.41, 5.74) is 1.71. The molecule has 0 saturated heterocycles. The molecule has 1 aromatic carbocycles. The van der Waals surface area contributed by atoms with Crippen LogP contribution in [-0.2, 0) is 16.0 Å². The number of carbonyl (C=O) groups excluding carboxylic acids is 2. The molecule has 1 amide bonds. The van der Waals surface area contributed by atoms with Crippen LogP contribution in [0.3, 0.4) is 0 Å². The molecule has 3 nitrogen and oxygen atoms in total. The van der Waals surface area contributed by atoms with E-state index in [4.69, 9.17) is 11.6 Å². The molecule has 0 heterocycles. The molecule has 0 radical (unpaired) electrons. The Morgan fingerprint density at radius 1 is 1.47 bits per heavy atom. The van der Waals surface area contributed by atoms with Crippen molar-refractivity contribution in [3.8, 4) is 0 Å². The van der Waals surface area contributed by atoms with E-state index < -0.39 is 5.38 Å². The van der Waals surface area contributed by atoms with Crippen molar-refractivity contribution in [2.75, 3.05) is 5.32 Å². The van der Waals surface area contributed by atoms with Crippen LogP contribution in [-0.4, -0.2) is 17.6 Å². The molecular formula is C11H12ClNO2. The molecule has 4 heteroatoms. The van der Waals surface area contributed by atoms with Crippen molar-refractivity contribution < 1.29 is 9.59 Å². The third-order valence-corrected chi connectivity index (χ3v) is 2.11. The number of anilines is 1. The third kappa shape index (κ3) is 4.13. The minimum atomic E-state index is -0.489. The highest BCUT2D eigenvalue weighted by molar-refractivity contribution is 6.27. The zero-order valence-corrected chi connectivity index (χ0v) is 9.12. The minimum Gasteiger partial charge on any atom is -0.326 e. The molecule has 1 N–H and O–H groups in total. The predicted octanol–water partition coefficient (Wildman–Crippen LogP) is 1.99. The van der Waals surface area contributed by atoms with E-state index in [9.17, 15) is 9.59 Å². The maximum atomic E-state index is 10.7. The largest absolute Gasteiger partial charge is 0.326 e. The molecule has 0 aliphatic carbocycles. The standard InChI is InChI=1S/C11H12ClNO2/c1-8(15)13-11-4-2-9(3-5-11)6-10(12)7-14/h2-5,7,10H,6H2,1H3,(H,13,15). The number of halogens is 1. The fraction of sp³-hybridized carbons (Fsp3) is 0.273. The van der Waals surface area contributed by atoms with E-state index in [0.717, 1.165) is 11.3 Å². The molecule has 0 spiro atoms. The highest BCUT2D eigenvalue weighted by Crippen LogP contribution is 2.12. The number of carbonyl (C=O) groups is 2. The van der Waals surface area contributed by atoms with E-state index in [1.165, 1.54) is 6.92 Å². The van der Waals surface area contributed by atoms with Crippen LogP contribution in [0.1, 0.15) is 12.5 Å². The van der Waals surface area contributed by atoms with Crippen molar-refractivity contribution in [3.05, 3.63) is 29.8 Å². The molecular weight excluding hydrogens is 214 g/mol. The van der Waals surface area contributed by atoms with Crippen molar-refractivity contribution in [2.45, 2.75) is 18.7 Å². The second kappa shape index (κ2) is 5.51. The van der Waals surface area contributed by atoms with Gasteiger partial charge in [0.15, 0.2) is 0 Å². The molecule has 1 rings (SSSR count). The number of aldehydes is 1. The average molecular weight is 226 g/mol. The smallest absolute Gasteiger partial charge is 0.221 e. The minimum absolute atomic E-state index is 0.106. The van der Waals surface area contributed by atoms with Gasteiger partial charge >= 0.3 is 0 Å². The molecule has 1 unspecified atom stereocenters. The fourth-order valence-electron chi connectivity index (χ4n) is 1.20. The SMILES string of the molecule is CC(=O)Nc1ccc(CC(Cl)C=O)cc1. The first kappa shape index (κ1) is 11.7. The second-order valence-electron chi connectivity index (χ2n) is 3.23. The van der Waals surface area contributed by atoms with Crippen molar-refractivity contribution >= 4 is 29.5 Å². The normalized spacial score (nSPS) is 11.9. The molecule has 0 aliphatic rings.